The molecule has 20 heavy (non-hydrogen) atoms. The Bertz CT molecular complexity index is 475. The predicted molar refractivity (Wildman–Crippen MR) is 79.3 cm³/mol. The van der Waals surface area contributed by atoms with Crippen molar-refractivity contribution in [3.63, 3.8) is 0 Å². The molecule has 1 unspecified atom stereocenters. The van der Waals surface area contributed by atoms with Gasteiger partial charge in [-0.1, -0.05) is 20.8 Å². The summed E-state index contributed by atoms with van der Waals surface area (Å²) >= 11 is 0. The van der Waals surface area contributed by atoms with Crippen LogP contribution in [0.2, 0.25) is 0 Å². The molecule has 0 aliphatic heterocycles. The number of nitrogens with one attached hydrogen (secondary N) is 1. The lowest BCUT2D eigenvalue weighted by Crippen LogP contribution is -2.25. The van der Waals surface area contributed by atoms with Crippen LogP contribution < -0.4 is 11.1 Å². The predicted octanol–water partition coefficient (Wildman–Crippen LogP) is 3.43. The number of esters is 1. The summed E-state index contributed by atoms with van der Waals surface area (Å²) in [6.45, 7) is 8.11. The Labute approximate surface area is 119 Å². The van der Waals surface area contributed by atoms with E-state index in [2.05, 4.69) is 19.2 Å². The number of hydrogen-bond acceptors (Lipinski definition) is 4. The molecule has 1 atom stereocenters. The van der Waals surface area contributed by atoms with Crippen molar-refractivity contribution in [2.75, 3.05) is 17.7 Å². The quantitative estimate of drug-likeness (QED) is 0.619. The molecule has 0 aromatic heterocycles. The third kappa shape index (κ3) is 3.85. The summed E-state index contributed by atoms with van der Waals surface area (Å²) in [7, 11) is 0. The number of ether oxygens (including phenoxy) is 1. The van der Waals surface area contributed by atoms with Gasteiger partial charge in [-0.25, -0.2) is 9.18 Å². The van der Waals surface area contributed by atoms with Crippen molar-refractivity contribution in [1.82, 2.24) is 0 Å². The first-order valence-electron chi connectivity index (χ1n) is 6.93. The first-order chi connectivity index (χ1) is 9.40. The number of nitrogen functional groups attached to an aromatic ring is 1. The van der Waals surface area contributed by atoms with Crippen molar-refractivity contribution >= 4 is 17.3 Å². The zero-order valence-electron chi connectivity index (χ0n) is 12.5. The van der Waals surface area contributed by atoms with Gasteiger partial charge in [0.2, 0.25) is 0 Å². The highest BCUT2D eigenvalue weighted by atomic mass is 19.1. The largest absolute Gasteiger partial charge is 0.462 e. The van der Waals surface area contributed by atoms with Crippen LogP contribution in [-0.2, 0) is 4.74 Å². The number of carbonyl (C=O) groups is 1. The van der Waals surface area contributed by atoms with Crippen LogP contribution in [0.25, 0.3) is 0 Å². The summed E-state index contributed by atoms with van der Waals surface area (Å²) in [4.78, 5) is 11.8. The molecule has 0 amide bonds. The number of benzene rings is 1. The number of carbonyl (C=O) groups excluding carboxylic acids is 1. The first kappa shape index (κ1) is 16.3. The summed E-state index contributed by atoms with van der Waals surface area (Å²) in [5, 5.41) is 3.12. The van der Waals surface area contributed by atoms with Crippen LogP contribution in [0.3, 0.4) is 0 Å². The molecule has 0 aliphatic rings. The minimum absolute atomic E-state index is 0.0871. The fourth-order valence-electron chi connectivity index (χ4n) is 2.02. The van der Waals surface area contributed by atoms with Gasteiger partial charge in [-0.05, 0) is 31.4 Å². The third-order valence-electron chi connectivity index (χ3n) is 3.22. The van der Waals surface area contributed by atoms with Crippen LogP contribution in [0.4, 0.5) is 15.8 Å². The number of nitrogens with two attached hydrogens (primary N) is 1. The molecular weight excluding hydrogens is 259 g/mol. The fraction of sp³-hybridized carbons (Fsp3) is 0.533. The molecule has 112 valence electrons. The molecule has 0 fully saturated rings. The van der Waals surface area contributed by atoms with E-state index in [-0.39, 0.29) is 29.6 Å². The van der Waals surface area contributed by atoms with E-state index in [1.807, 2.05) is 6.92 Å². The maximum atomic E-state index is 13.9. The van der Waals surface area contributed by atoms with E-state index in [1.165, 1.54) is 6.07 Å². The zero-order chi connectivity index (χ0) is 15.3. The monoisotopic (exact) mass is 282 g/mol. The summed E-state index contributed by atoms with van der Waals surface area (Å²) in [5.41, 5.74) is 6.23. The average Bonchev–Trinajstić information content (AvgIpc) is 2.37. The second-order valence-electron chi connectivity index (χ2n) is 5.04. The van der Waals surface area contributed by atoms with Crippen molar-refractivity contribution < 1.29 is 13.9 Å². The highest BCUT2D eigenvalue weighted by Crippen LogP contribution is 2.25. The summed E-state index contributed by atoms with van der Waals surface area (Å²) in [5.74, 6) is -0.650. The van der Waals surface area contributed by atoms with E-state index in [0.717, 1.165) is 12.5 Å². The van der Waals surface area contributed by atoms with E-state index in [9.17, 15) is 9.18 Å². The lowest BCUT2D eigenvalue weighted by atomic mass is 10.0. The molecule has 0 radical (unpaired) electrons. The molecule has 0 spiro atoms. The molecule has 0 saturated heterocycles. The molecule has 0 saturated carbocycles. The van der Waals surface area contributed by atoms with Crippen molar-refractivity contribution in [3.8, 4) is 0 Å². The molecule has 3 N–H and O–H groups in total. The molecule has 0 heterocycles. The highest BCUT2D eigenvalue weighted by molar-refractivity contribution is 5.96. The maximum absolute atomic E-state index is 13.9. The van der Waals surface area contributed by atoms with Gasteiger partial charge >= 0.3 is 5.97 Å². The van der Waals surface area contributed by atoms with E-state index in [4.69, 9.17) is 10.5 Å². The molecule has 0 aliphatic carbocycles. The van der Waals surface area contributed by atoms with Crippen molar-refractivity contribution in [2.24, 2.45) is 5.92 Å². The van der Waals surface area contributed by atoms with Crippen LogP contribution >= 0.6 is 0 Å². The molecule has 4 nitrogen and oxygen atoms in total. The SMILES string of the molecule is CCOC(=O)c1cc(NC(CC)C(C)C)c(F)cc1N. The lowest BCUT2D eigenvalue weighted by Gasteiger charge is -2.23. The highest BCUT2D eigenvalue weighted by Gasteiger charge is 2.18. The summed E-state index contributed by atoms with van der Waals surface area (Å²) in [6.07, 6.45) is 0.857. The summed E-state index contributed by atoms with van der Waals surface area (Å²) in [6, 6.07) is 2.71. The van der Waals surface area contributed by atoms with E-state index in [0.29, 0.717) is 5.92 Å². The van der Waals surface area contributed by atoms with Crippen LogP contribution in [0.5, 0.6) is 0 Å². The van der Waals surface area contributed by atoms with Crippen molar-refractivity contribution in [2.45, 2.75) is 40.2 Å². The standard InChI is InChI=1S/C15H23FN2O2/c1-5-13(9(3)4)18-14-7-10(15(19)20-6-2)12(17)8-11(14)16/h7-9,13,18H,5-6,17H2,1-4H3. The zero-order valence-corrected chi connectivity index (χ0v) is 12.5. The van der Waals surface area contributed by atoms with Crippen molar-refractivity contribution in [3.05, 3.63) is 23.5 Å². The van der Waals surface area contributed by atoms with Gasteiger partial charge < -0.3 is 15.8 Å². The molecule has 5 heteroatoms. The second-order valence-corrected chi connectivity index (χ2v) is 5.04. The van der Waals surface area contributed by atoms with E-state index < -0.39 is 11.8 Å². The Hall–Kier alpha value is -1.78. The van der Waals surface area contributed by atoms with Crippen LogP contribution in [0, 0.1) is 11.7 Å². The van der Waals surface area contributed by atoms with Gasteiger partial charge in [0.05, 0.1) is 17.9 Å². The van der Waals surface area contributed by atoms with Gasteiger partial charge in [-0.2, -0.15) is 0 Å². The molecule has 1 aromatic rings. The van der Waals surface area contributed by atoms with E-state index >= 15 is 0 Å². The Morgan fingerprint density at radius 3 is 2.55 bits per heavy atom. The van der Waals surface area contributed by atoms with Gasteiger partial charge in [0, 0.05) is 11.7 Å². The molecule has 0 bridgehead atoms. The van der Waals surface area contributed by atoms with Gasteiger partial charge in [-0.3, -0.25) is 0 Å². The smallest absolute Gasteiger partial charge is 0.340 e. The Kier molecular flexibility index (Phi) is 5.80. The molecule has 1 rings (SSSR count). The van der Waals surface area contributed by atoms with Crippen LogP contribution in [-0.4, -0.2) is 18.6 Å². The lowest BCUT2D eigenvalue weighted by molar-refractivity contribution is 0.0527. The number of rotatable bonds is 6. The Balaban J connectivity index is 3.08. The third-order valence-corrected chi connectivity index (χ3v) is 3.22. The maximum Gasteiger partial charge on any atom is 0.340 e. The number of anilines is 2. The van der Waals surface area contributed by atoms with Gasteiger partial charge in [0.15, 0.2) is 0 Å². The number of hydrogen-bond donors (Lipinski definition) is 2. The molecular formula is C15H23FN2O2. The minimum Gasteiger partial charge on any atom is -0.462 e. The minimum atomic E-state index is -0.536. The van der Waals surface area contributed by atoms with Crippen molar-refractivity contribution in [1.29, 1.82) is 0 Å². The average molecular weight is 282 g/mol. The van der Waals surface area contributed by atoms with Gasteiger partial charge in [0.25, 0.3) is 0 Å². The van der Waals surface area contributed by atoms with Crippen LogP contribution in [0.1, 0.15) is 44.5 Å². The second kappa shape index (κ2) is 7.12. The Morgan fingerprint density at radius 2 is 2.05 bits per heavy atom. The van der Waals surface area contributed by atoms with E-state index in [1.54, 1.807) is 6.92 Å². The van der Waals surface area contributed by atoms with Crippen LogP contribution in [0.15, 0.2) is 12.1 Å². The topological polar surface area (TPSA) is 64.3 Å². The van der Waals surface area contributed by atoms with Gasteiger partial charge in [-0.15, -0.1) is 0 Å². The Morgan fingerprint density at radius 1 is 1.40 bits per heavy atom. The molecule has 1 aromatic carbocycles. The number of halogens is 1. The normalized spacial score (nSPS) is 12.3. The fourth-order valence-corrected chi connectivity index (χ4v) is 2.02. The first-order valence-corrected chi connectivity index (χ1v) is 6.93. The summed E-state index contributed by atoms with van der Waals surface area (Å²) < 4.78 is 18.9. The van der Waals surface area contributed by atoms with Gasteiger partial charge in [0.1, 0.15) is 5.82 Å².